The molecule has 0 saturated carbocycles. The number of carbonyl (C=O) groups is 2. The number of benzene rings is 1. The van der Waals surface area contributed by atoms with Crippen molar-refractivity contribution in [1.82, 2.24) is 9.55 Å². The molecule has 1 aromatic carbocycles. The third kappa shape index (κ3) is 3.43. The van der Waals surface area contributed by atoms with Crippen LogP contribution in [0, 0.1) is 13.8 Å². The molecular formula is C19H19N3O3S. The van der Waals surface area contributed by atoms with E-state index in [9.17, 15) is 14.4 Å². The van der Waals surface area contributed by atoms with Crippen molar-refractivity contribution in [2.24, 2.45) is 0 Å². The van der Waals surface area contributed by atoms with Gasteiger partial charge in [0, 0.05) is 22.5 Å². The lowest BCUT2D eigenvalue weighted by Gasteiger charge is -2.07. The molecule has 6 nitrogen and oxygen atoms in total. The third-order valence-corrected chi connectivity index (χ3v) is 5.40. The number of hydrogen-bond donors (Lipinski definition) is 1. The van der Waals surface area contributed by atoms with Crippen LogP contribution in [-0.2, 0) is 11.3 Å². The third-order valence-electron chi connectivity index (χ3n) is 4.28. The quantitative estimate of drug-likeness (QED) is 0.700. The molecule has 0 saturated heterocycles. The first kappa shape index (κ1) is 18.0. The van der Waals surface area contributed by atoms with E-state index >= 15 is 0 Å². The monoisotopic (exact) mass is 369 g/mol. The number of nitrogens with zero attached hydrogens (tertiary/aromatic N) is 2. The van der Waals surface area contributed by atoms with Crippen molar-refractivity contribution in [3.8, 4) is 0 Å². The number of fused-ring (bicyclic) bond motifs is 1. The van der Waals surface area contributed by atoms with Crippen molar-refractivity contribution >= 4 is 38.9 Å². The highest BCUT2D eigenvalue weighted by molar-refractivity contribution is 7.18. The first-order valence-corrected chi connectivity index (χ1v) is 9.10. The Labute approximate surface area is 154 Å². The lowest BCUT2D eigenvalue weighted by atomic mass is 10.1. The van der Waals surface area contributed by atoms with Crippen LogP contribution in [0.2, 0.25) is 0 Å². The lowest BCUT2D eigenvalue weighted by Crippen LogP contribution is -2.24. The number of Topliss-reactive ketones (excluding diaryl/α,β-unsaturated/α-hetero) is 1. The summed E-state index contributed by atoms with van der Waals surface area (Å²) in [5.74, 6) is -0.275. The van der Waals surface area contributed by atoms with E-state index < -0.39 is 0 Å². The highest BCUT2D eigenvalue weighted by atomic mass is 32.1. The Balaban J connectivity index is 1.83. The van der Waals surface area contributed by atoms with Gasteiger partial charge in [-0.05, 0) is 43.7 Å². The largest absolute Gasteiger partial charge is 0.326 e. The average Bonchev–Trinajstić information content (AvgIpc) is 2.92. The molecule has 0 atom stereocenters. The number of anilines is 1. The van der Waals surface area contributed by atoms with Crippen molar-refractivity contribution in [3.63, 3.8) is 0 Å². The van der Waals surface area contributed by atoms with Crippen LogP contribution in [0.15, 0.2) is 35.4 Å². The molecule has 0 aliphatic carbocycles. The van der Waals surface area contributed by atoms with Crippen molar-refractivity contribution in [2.45, 2.75) is 33.7 Å². The van der Waals surface area contributed by atoms with Gasteiger partial charge in [0.1, 0.15) is 4.83 Å². The number of aryl methyl sites for hydroxylation is 2. The summed E-state index contributed by atoms with van der Waals surface area (Å²) in [6.07, 6.45) is 1.81. The summed E-state index contributed by atoms with van der Waals surface area (Å²) in [7, 11) is 0. The molecule has 2 heterocycles. The van der Waals surface area contributed by atoms with Gasteiger partial charge < -0.3 is 5.32 Å². The molecule has 1 amide bonds. The Morgan fingerprint density at radius 1 is 1.19 bits per heavy atom. The predicted molar refractivity (Wildman–Crippen MR) is 103 cm³/mol. The van der Waals surface area contributed by atoms with Crippen LogP contribution in [0.4, 0.5) is 5.69 Å². The van der Waals surface area contributed by atoms with Gasteiger partial charge in [0.25, 0.3) is 5.56 Å². The molecule has 1 N–H and O–H groups in total. The second-order valence-corrected chi connectivity index (χ2v) is 7.25. The maximum Gasteiger partial charge on any atom is 0.262 e. The van der Waals surface area contributed by atoms with Crippen LogP contribution >= 0.6 is 11.3 Å². The fraction of sp³-hybridized carbons (Fsp3) is 0.263. The van der Waals surface area contributed by atoms with E-state index in [4.69, 9.17) is 0 Å². The molecule has 2 aromatic heterocycles. The number of aromatic nitrogens is 2. The number of ketones is 1. The van der Waals surface area contributed by atoms with E-state index in [1.165, 1.54) is 22.2 Å². The summed E-state index contributed by atoms with van der Waals surface area (Å²) >= 11 is 1.48. The van der Waals surface area contributed by atoms with Gasteiger partial charge >= 0.3 is 0 Å². The van der Waals surface area contributed by atoms with E-state index in [1.54, 1.807) is 31.2 Å². The van der Waals surface area contributed by atoms with E-state index in [1.807, 2.05) is 13.8 Å². The maximum absolute atomic E-state index is 12.7. The van der Waals surface area contributed by atoms with Gasteiger partial charge in [-0.1, -0.05) is 6.92 Å². The van der Waals surface area contributed by atoms with Gasteiger partial charge in [0.05, 0.1) is 18.3 Å². The van der Waals surface area contributed by atoms with Crippen molar-refractivity contribution in [3.05, 3.63) is 57.0 Å². The number of hydrogen-bond acceptors (Lipinski definition) is 5. The minimum absolute atomic E-state index is 0.0726. The second kappa shape index (κ2) is 7.21. The van der Waals surface area contributed by atoms with E-state index in [0.29, 0.717) is 27.9 Å². The highest BCUT2D eigenvalue weighted by Gasteiger charge is 2.14. The number of amides is 1. The summed E-state index contributed by atoms with van der Waals surface area (Å²) in [6.45, 7) is 5.55. The summed E-state index contributed by atoms with van der Waals surface area (Å²) in [5.41, 5.74) is 1.83. The minimum Gasteiger partial charge on any atom is -0.326 e. The van der Waals surface area contributed by atoms with E-state index in [2.05, 4.69) is 10.3 Å². The van der Waals surface area contributed by atoms with Gasteiger partial charge in [-0.2, -0.15) is 0 Å². The number of carbonyl (C=O) groups excluding carboxylic acids is 2. The van der Waals surface area contributed by atoms with Gasteiger partial charge in [-0.15, -0.1) is 11.3 Å². The Morgan fingerprint density at radius 2 is 1.88 bits per heavy atom. The average molecular weight is 369 g/mol. The fourth-order valence-corrected chi connectivity index (χ4v) is 3.60. The summed E-state index contributed by atoms with van der Waals surface area (Å²) in [6, 6.07) is 6.64. The summed E-state index contributed by atoms with van der Waals surface area (Å²) in [5, 5.41) is 3.31. The van der Waals surface area contributed by atoms with Crippen LogP contribution in [0.5, 0.6) is 0 Å². The van der Waals surface area contributed by atoms with Crippen LogP contribution in [-0.4, -0.2) is 21.2 Å². The molecule has 134 valence electrons. The molecular weight excluding hydrogens is 350 g/mol. The zero-order chi connectivity index (χ0) is 18.8. The topological polar surface area (TPSA) is 81.1 Å². The van der Waals surface area contributed by atoms with Crippen molar-refractivity contribution in [2.75, 3.05) is 5.32 Å². The minimum atomic E-state index is -0.197. The summed E-state index contributed by atoms with van der Waals surface area (Å²) < 4.78 is 1.34. The molecule has 0 fully saturated rings. The molecule has 26 heavy (non-hydrogen) atoms. The fourth-order valence-electron chi connectivity index (χ4n) is 2.62. The van der Waals surface area contributed by atoms with Crippen LogP contribution < -0.4 is 10.9 Å². The first-order valence-electron chi connectivity index (χ1n) is 8.29. The van der Waals surface area contributed by atoms with Crippen molar-refractivity contribution < 1.29 is 9.59 Å². The number of nitrogens with one attached hydrogen (secondary N) is 1. The SMILES string of the molecule is CCC(=O)Nc1ccc(C(=O)Cn2cnc3sc(C)c(C)c3c2=O)cc1. The Kier molecular flexibility index (Phi) is 4.99. The Bertz CT molecular complexity index is 1050. The molecule has 0 aliphatic rings. The molecule has 0 aliphatic heterocycles. The molecule has 0 unspecified atom stereocenters. The zero-order valence-electron chi connectivity index (χ0n) is 14.8. The molecule has 3 aromatic rings. The number of rotatable bonds is 5. The summed E-state index contributed by atoms with van der Waals surface area (Å²) in [4.78, 5) is 42.6. The molecule has 0 bridgehead atoms. The molecule has 0 spiro atoms. The van der Waals surface area contributed by atoms with Gasteiger partial charge in [-0.3, -0.25) is 19.0 Å². The van der Waals surface area contributed by atoms with E-state index in [0.717, 1.165) is 10.4 Å². The van der Waals surface area contributed by atoms with Crippen LogP contribution in [0.1, 0.15) is 34.1 Å². The first-order chi connectivity index (χ1) is 12.4. The van der Waals surface area contributed by atoms with Crippen LogP contribution in [0.25, 0.3) is 10.2 Å². The zero-order valence-corrected chi connectivity index (χ0v) is 15.6. The van der Waals surface area contributed by atoms with Gasteiger partial charge in [-0.25, -0.2) is 4.98 Å². The van der Waals surface area contributed by atoms with Crippen molar-refractivity contribution in [1.29, 1.82) is 0 Å². The smallest absolute Gasteiger partial charge is 0.262 e. The second-order valence-electron chi connectivity index (χ2n) is 6.04. The Hall–Kier alpha value is -2.80. The normalized spacial score (nSPS) is 10.9. The molecule has 7 heteroatoms. The van der Waals surface area contributed by atoms with Gasteiger partial charge in [0.2, 0.25) is 5.91 Å². The standard InChI is InChI=1S/C19H19N3O3S/c1-4-16(24)21-14-7-5-13(6-8-14)15(23)9-22-10-20-18-17(19(22)25)11(2)12(3)26-18/h5-8,10H,4,9H2,1-3H3,(H,21,24). The van der Waals surface area contributed by atoms with Crippen LogP contribution in [0.3, 0.4) is 0 Å². The molecule has 3 rings (SSSR count). The van der Waals surface area contributed by atoms with Gasteiger partial charge in [0.15, 0.2) is 5.78 Å². The highest BCUT2D eigenvalue weighted by Crippen LogP contribution is 2.25. The lowest BCUT2D eigenvalue weighted by molar-refractivity contribution is -0.115. The number of thiophene rings is 1. The Morgan fingerprint density at radius 3 is 2.54 bits per heavy atom. The molecule has 0 radical (unpaired) electrons. The van der Waals surface area contributed by atoms with E-state index in [-0.39, 0.29) is 23.8 Å². The predicted octanol–water partition coefficient (Wildman–Crippen LogP) is 3.31. The maximum atomic E-state index is 12.7.